The molecule has 1 N–H and O–H groups in total. The monoisotopic (exact) mass is 224 g/mol. The van der Waals surface area contributed by atoms with Crippen LogP contribution in [0.25, 0.3) is 0 Å². The SMILES string of the molecule is CCCCCCCCC(O)Cc1ccoc1. The first-order chi connectivity index (χ1) is 7.83. The molecule has 92 valence electrons. The second-order valence-electron chi connectivity index (χ2n) is 4.55. The lowest BCUT2D eigenvalue weighted by molar-refractivity contribution is 0.160. The summed E-state index contributed by atoms with van der Waals surface area (Å²) in [6.07, 6.45) is 12.5. The highest BCUT2D eigenvalue weighted by Crippen LogP contribution is 2.12. The topological polar surface area (TPSA) is 33.4 Å². The Kier molecular flexibility index (Phi) is 6.98. The van der Waals surface area contributed by atoms with E-state index in [0.29, 0.717) is 0 Å². The maximum atomic E-state index is 9.78. The summed E-state index contributed by atoms with van der Waals surface area (Å²) in [5.74, 6) is 0. The Morgan fingerprint density at radius 1 is 1.19 bits per heavy atom. The summed E-state index contributed by atoms with van der Waals surface area (Å²) in [7, 11) is 0. The van der Waals surface area contributed by atoms with Gasteiger partial charge in [-0.25, -0.2) is 0 Å². The number of unbranched alkanes of at least 4 members (excludes halogenated alkanes) is 5. The van der Waals surface area contributed by atoms with Crippen molar-refractivity contribution in [1.29, 1.82) is 0 Å². The zero-order valence-electron chi connectivity index (χ0n) is 10.3. The van der Waals surface area contributed by atoms with Gasteiger partial charge in [-0.3, -0.25) is 0 Å². The molecule has 0 amide bonds. The van der Waals surface area contributed by atoms with Crippen LogP contribution in [0.4, 0.5) is 0 Å². The smallest absolute Gasteiger partial charge is 0.0935 e. The van der Waals surface area contributed by atoms with E-state index in [9.17, 15) is 5.11 Å². The molecule has 0 saturated carbocycles. The van der Waals surface area contributed by atoms with Crippen molar-refractivity contribution in [2.75, 3.05) is 0 Å². The van der Waals surface area contributed by atoms with Gasteiger partial charge < -0.3 is 9.52 Å². The van der Waals surface area contributed by atoms with E-state index in [1.165, 1.54) is 32.1 Å². The molecule has 0 aromatic carbocycles. The largest absolute Gasteiger partial charge is 0.472 e. The van der Waals surface area contributed by atoms with Gasteiger partial charge >= 0.3 is 0 Å². The van der Waals surface area contributed by atoms with Crippen molar-refractivity contribution < 1.29 is 9.52 Å². The second kappa shape index (κ2) is 8.40. The van der Waals surface area contributed by atoms with Crippen molar-refractivity contribution in [2.24, 2.45) is 0 Å². The molecular weight excluding hydrogens is 200 g/mol. The van der Waals surface area contributed by atoms with Gasteiger partial charge in [-0.2, -0.15) is 0 Å². The van der Waals surface area contributed by atoms with Crippen molar-refractivity contribution in [1.82, 2.24) is 0 Å². The lowest BCUT2D eigenvalue weighted by Gasteiger charge is -2.08. The molecule has 1 aromatic heterocycles. The maximum absolute atomic E-state index is 9.78. The minimum absolute atomic E-state index is 0.205. The Bertz CT molecular complexity index is 241. The number of aliphatic hydroxyl groups is 1. The van der Waals surface area contributed by atoms with Crippen molar-refractivity contribution >= 4 is 0 Å². The molecule has 0 aliphatic carbocycles. The predicted octanol–water partition coefficient (Wildman–Crippen LogP) is 3.93. The quantitative estimate of drug-likeness (QED) is 0.645. The fraction of sp³-hybridized carbons (Fsp3) is 0.714. The summed E-state index contributed by atoms with van der Waals surface area (Å²) < 4.78 is 4.97. The van der Waals surface area contributed by atoms with Crippen LogP contribution in [0.3, 0.4) is 0 Å². The minimum atomic E-state index is -0.205. The third-order valence-corrected chi connectivity index (χ3v) is 2.94. The van der Waals surface area contributed by atoms with Gasteiger partial charge in [0, 0.05) is 6.42 Å². The molecule has 1 rings (SSSR count). The van der Waals surface area contributed by atoms with Crippen molar-refractivity contribution in [3.05, 3.63) is 24.2 Å². The van der Waals surface area contributed by atoms with Crippen LogP contribution in [-0.4, -0.2) is 11.2 Å². The first-order valence-corrected chi connectivity index (χ1v) is 6.52. The predicted molar refractivity (Wildman–Crippen MR) is 66.4 cm³/mol. The molecule has 16 heavy (non-hydrogen) atoms. The van der Waals surface area contributed by atoms with Gasteiger partial charge in [-0.1, -0.05) is 45.4 Å². The second-order valence-corrected chi connectivity index (χ2v) is 4.55. The highest BCUT2D eigenvalue weighted by atomic mass is 16.3. The molecule has 1 unspecified atom stereocenters. The number of hydrogen-bond donors (Lipinski definition) is 1. The molecule has 0 spiro atoms. The van der Waals surface area contributed by atoms with Gasteiger partial charge in [0.15, 0.2) is 0 Å². The molecule has 0 aliphatic heterocycles. The Morgan fingerprint density at radius 2 is 1.94 bits per heavy atom. The standard InChI is InChI=1S/C14H24O2/c1-2-3-4-5-6-7-8-14(15)11-13-9-10-16-12-13/h9-10,12,14-15H,2-8,11H2,1H3. The molecule has 2 heteroatoms. The van der Waals surface area contributed by atoms with Gasteiger partial charge in [0.2, 0.25) is 0 Å². The first kappa shape index (κ1) is 13.3. The molecule has 0 radical (unpaired) electrons. The Labute approximate surface area is 98.7 Å². The molecule has 2 nitrogen and oxygen atoms in total. The molecule has 0 fully saturated rings. The molecule has 0 saturated heterocycles. The third kappa shape index (κ3) is 5.96. The minimum Gasteiger partial charge on any atom is -0.472 e. The Morgan fingerprint density at radius 3 is 2.62 bits per heavy atom. The highest BCUT2D eigenvalue weighted by molar-refractivity contribution is 5.06. The van der Waals surface area contributed by atoms with Crippen LogP contribution in [0, 0.1) is 0 Å². The zero-order chi connectivity index (χ0) is 11.6. The Hall–Kier alpha value is -0.760. The van der Waals surface area contributed by atoms with Gasteiger partial charge in [-0.15, -0.1) is 0 Å². The number of aliphatic hydroxyl groups excluding tert-OH is 1. The van der Waals surface area contributed by atoms with Crippen LogP contribution in [0.1, 0.15) is 57.4 Å². The van der Waals surface area contributed by atoms with E-state index in [-0.39, 0.29) is 6.10 Å². The maximum Gasteiger partial charge on any atom is 0.0935 e. The zero-order valence-corrected chi connectivity index (χ0v) is 10.3. The molecule has 1 heterocycles. The summed E-state index contributed by atoms with van der Waals surface area (Å²) >= 11 is 0. The average molecular weight is 224 g/mol. The van der Waals surface area contributed by atoms with Crippen LogP contribution in [0.15, 0.2) is 23.0 Å². The lowest BCUT2D eigenvalue weighted by atomic mass is 10.0. The number of furan rings is 1. The van der Waals surface area contributed by atoms with Crippen LogP contribution in [0.5, 0.6) is 0 Å². The number of hydrogen-bond acceptors (Lipinski definition) is 2. The molecular formula is C14H24O2. The van der Waals surface area contributed by atoms with Crippen molar-refractivity contribution in [3.8, 4) is 0 Å². The van der Waals surface area contributed by atoms with E-state index in [2.05, 4.69) is 6.92 Å². The van der Waals surface area contributed by atoms with Gasteiger partial charge in [0.1, 0.15) is 0 Å². The Balaban J connectivity index is 1.96. The molecule has 0 bridgehead atoms. The van der Waals surface area contributed by atoms with Crippen LogP contribution >= 0.6 is 0 Å². The van der Waals surface area contributed by atoms with E-state index >= 15 is 0 Å². The summed E-state index contributed by atoms with van der Waals surface area (Å²) in [5, 5.41) is 9.78. The van der Waals surface area contributed by atoms with Crippen LogP contribution in [0.2, 0.25) is 0 Å². The summed E-state index contributed by atoms with van der Waals surface area (Å²) in [5.41, 5.74) is 1.10. The van der Waals surface area contributed by atoms with E-state index in [1.807, 2.05) is 6.07 Å². The van der Waals surface area contributed by atoms with E-state index in [0.717, 1.165) is 24.8 Å². The normalized spacial score (nSPS) is 12.9. The molecule has 0 aliphatic rings. The summed E-state index contributed by atoms with van der Waals surface area (Å²) in [6, 6.07) is 1.92. The van der Waals surface area contributed by atoms with Gasteiger partial charge in [0.25, 0.3) is 0 Å². The van der Waals surface area contributed by atoms with E-state index in [1.54, 1.807) is 12.5 Å². The number of rotatable bonds is 9. The highest BCUT2D eigenvalue weighted by Gasteiger charge is 2.05. The first-order valence-electron chi connectivity index (χ1n) is 6.52. The fourth-order valence-corrected chi connectivity index (χ4v) is 1.94. The average Bonchev–Trinajstić information content (AvgIpc) is 2.76. The third-order valence-electron chi connectivity index (χ3n) is 2.94. The van der Waals surface area contributed by atoms with Crippen LogP contribution in [-0.2, 0) is 6.42 Å². The van der Waals surface area contributed by atoms with E-state index < -0.39 is 0 Å². The summed E-state index contributed by atoms with van der Waals surface area (Å²) in [6.45, 7) is 2.23. The lowest BCUT2D eigenvalue weighted by Crippen LogP contribution is -2.09. The fourth-order valence-electron chi connectivity index (χ4n) is 1.94. The van der Waals surface area contributed by atoms with Crippen molar-refractivity contribution in [3.63, 3.8) is 0 Å². The molecule has 1 aromatic rings. The van der Waals surface area contributed by atoms with Gasteiger partial charge in [-0.05, 0) is 18.1 Å². The van der Waals surface area contributed by atoms with Crippen molar-refractivity contribution in [2.45, 2.75) is 64.4 Å². The molecule has 1 atom stereocenters. The van der Waals surface area contributed by atoms with Gasteiger partial charge in [0.05, 0.1) is 18.6 Å². The van der Waals surface area contributed by atoms with Crippen LogP contribution < -0.4 is 0 Å². The van der Waals surface area contributed by atoms with E-state index in [4.69, 9.17) is 4.42 Å². The summed E-state index contributed by atoms with van der Waals surface area (Å²) in [4.78, 5) is 0.